The predicted molar refractivity (Wildman–Crippen MR) is 59.9 cm³/mol. The molecular weight excluding hydrogens is 264 g/mol. The van der Waals surface area contributed by atoms with Gasteiger partial charge in [-0.1, -0.05) is 28.8 Å². The second kappa shape index (κ2) is 4.47. The smallest absolute Gasteiger partial charge is 0.150 e. The van der Waals surface area contributed by atoms with Crippen molar-refractivity contribution in [3.05, 3.63) is 28.2 Å². The number of anilines is 1. The van der Waals surface area contributed by atoms with Crippen molar-refractivity contribution in [1.82, 2.24) is 0 Å². The van der Waals surface area contributed by atoms with E-state index in [-0.39, 0.29) is 5.69 Å². The molecule has 15 heavy (non-hydrogen) atoms. The van der Waals surface area contributed by atoms with Gasteiger partial charge in [-0.2, -0.15) is 0 Å². The highest BCUT2D eigenvalue weighted by Crippen LogP contribution is 2.32. The van der Waals surface area contributed by atoms with E-state index in [1.165, 1.54) is 25.0 Å². The first kappa shape index (κ1) is 10.9. The second-order valence-electron chi connectivity index (χ2n) is 3.90. The molecule has 0 saturated heterocycles. The summed E-state index contributed by atoms with van der Waals surface area (Å²) < 4.78 is 27.1. The van der Waals surface area contributed by atoms with Crippen molar-refractivity contribution >= 4 is 21.6 Å². The van der Waals surface area contributed by atoms with Gasteiger partial charge in [0.1, 0.15) is 17.3 Å². The summed E-state index contributed by atoms with van der Waals surface area (Å²) in [6.07, 6.45) is 3.51. The van der Waals surface area contributed by atoms with E-state index >= 15 is 0 Å². The Kier molecular flexibility index (Phi) is 3.24. The van der Waals surface area contributed by atoms with Gasteiger partial charge in [0.15, 0.2) is 0 Å². The summed E-state index contributed by atoms with van der Waals surface area (Å²) in [6.45, 7) is 0.639. The van der Waals surface area contributed by atoms with Crippen LogP contribution in [0.15, 0.2) is 16.6 Å². The van der Waals surface area contributed by atoms with Gasteiger partial charge in [-0.25, -0.2) is 8.78 Å². The Morgan fingerprint density at radius 2 is 1.87 bits per heavy atom. The lowest BCUT2D eigenvalue weighted by Gasteiger charge is -2.08. The van der Waals surface area contributed by atoms with Crippen molar-refractivity contribution in [2.24, 2.45) is 5.92 Å². The summed E-state index contributed by atoms with van der Waals surface area (Å²) >= 11 is 3.04. The van der Waals surface area contributed by atoms with E-state index in [9.17, 15) is 8.78 Å². The number of rotatable bonds is 4. The maximum atomic E-state index is 13.3. The van der Waals surface area contributed by atoms with Crippen LogP contribution < -0.4 is 5.32 Å². The van der Waals surface area contributed by atoms with Crippen LogP contribution in [0.2, 0.25) is 0 Å². The van der Waals surface area contributed by atoms with E-state index in [1.54, 1.807) is 0 Å². The van der Waals surface area contributed by atoms with Crippen LogP contribution in [0.4, 0.5) is 14.5 Å². The molecule has 1 saturated carbocycles. The van der Waals surface area contributed by atoms with Crippen LogP contribution in [0, 0.1) is 17.6 Å². The summed E-state index contributed by atoms with van der Waals surface area (Å²) in [6, 6.07) is 2.53. The molecule has 0 aliphatic heterocycles. The molecule has 82 valence electrons. The Morgan fingerprint density at radius 1 is 1.27 bits per heavy atom. The highest BCUT2D eigenvalue weighted by Gasteiger charge is 2.20. The molecule has 0 atom stereocenters. The summed E-state index contributed by atoms with van der Waals surface area (Å²) in [5.74, 6) is -0.325. The molecule has 1 N–H and O–H groups in total. The molecule has 1 aromatic carbocycles. The second-order valence-corrected chi connectivity index (χ2v) is 4.82. The molecule has 2 rings (SSSR count). The van der Waals surface area contributed by atoms with E-state index in [1.807, 2.05) is 0 Å². The zero-order valence-electron chi connectivity index (χ0n) is 8.19. The standard InChI is InChI=1S/C11H12BrF2N/c12-8-5-9(13)11(10(14)6-8)15-4-3-7-1-2-7/h5-7,15H,1-4H2. The monoisotopic (exact) mass is 275 g/mol. The van der Waals surface area contributed by atoms with E-state index in [0.29, 0.717) is 11.0 Å². The molecule has 0 bridgehead atoms. The zero-order valence-corrected chi connectivity index (χ0v) is 9.78. The van der Waals surface area contributed by atoms with Crippen molar-refractivity contribution in [3.63, 3.8) is 0 Å². The predicted octanol–water partition coefficient (Wildman–Crippen LogP) is 3.94. The summed E-state index contributed by atoms with van der Waals surface area (Å²) in [4.78, 5) is 0. The fourth-order valence-corrected chi connectivity index (χ4v) is 1.92. The van der Waals surface area contributed by atoms with Crippen LogP contribution in [0.1, 0.15) is 19.3 Å². The van der Waals surface area contributed by atoms with Crippen LogP contribution >= 0.6 is 15.9 Å². The molecule has 0 aromatic heterocycles. The maximum absolute atomic E-state index is 13.3. The molecule has 1 aromatic rings. The van der Waals surface area contributed by atoms with Gasteiger partial charge in [0.05, 0.1) is 0 Å². The number of halogens is 3. The minimum atomic E-state index is -0.544. The van der Waals surface area contributed by atoms with Crippen LogP contribution in [-0.4, -0.2) is 6.54 Å². The molecule has 0 heterocycles. The maximum Gasteiger partial charge on any atom is 0.150 e. The Hall–Kier alpha value is -0.640. The van der Waals surface area contributed by atoms with Gasteiger partial charge < -0.3 is 5.32 Å². The topological polar surface area (TPSA) is 12.0 Å². The van der Waals surface area contributed by atoms with Gasteiger partial charge in [0.25, 0.3) is 0 Å². The number of hydrogen-bond acceptors (Lipinski definition) is 1. The summed E-state index contributed by atoms with van der Waals surface area (Å²) in [7, 11) is 0. The lowest BCUT2D eigenvalue weighted by molar-refractivity contribution is 0.585. The third-order valence-corrected chi connectivity index (χ3v) is 3.02. The molecule has 1 fully saturated rings. The van der Waals surface area contributed by atoms with Gasteiger partial charge in [0, 0.05) is 11.0 Å². The largest absolute Gasteiger partial charge is 0.380 e. The average Bonchev–Trinajstić information content (AvgIpc) is 2.93. The molecule has 4 heteroatoms. The Labute approximate surface area is 96.0 Å². The van der Waals surface area contributed by atoms with E-state index in [2.05, 4.69) is 21.2 Å². The molecule has 1 aliphatic carbocycles. The van der Waals surface area contributed by atoms with Gasteiger partial charge in [0.2, 0.25) is 0 Å². The molecule has 1 aliphatic rings. The first-order valence-electron chi connectivity index (χ1n) is 5.05. The van der Waals surface area contributed by atoms with E-state index in [0.717, 1.165) is 12.3 Å². The van der Waals surface area contributed by atoms with Crippen LogP contribution in [-0.2, 0) is 0 Å². The summed E-state index contributed by atoms with van der Waals surface area (Å²) in [5, 5.41) is 2.81. The number of hydrogen-bond donors (Lipinski definition) is 1. The molecule has 0 spiro atoms. The van der Waals surface area contributed by atoms with Crippen molar-refractivity contribution in [2.75, 3.05) is 11.9 Å². The number of benzene rings is 1. The van der Waals surface area contributed by atoms with Crippen molar-refractivity contribution in [1.29, 1.82) is 0 Å². The van der Waals surface area contributed by atoms with Crippen LogP contribution in [0.3, 0.4) is 0 Å². The molecule has 1 nitrogen and oxygen atoms in total. The van der Waals surface area contributed by atoms with Gasteiger partial charge >= 0.3 is 0 Å². The van der Waals surface area contributed by atoms with Gasteiger partial charge in [-0.15, -0.1) is 0 Å². The highest BCUT2D eigenvalue weighted by molar-refractivity contribution is 9.10. The average molecular weight is 276 g/mol. The first-order valence-corrected chi connectivity index (χ1v) is 5.84. The first-order chi connectivity index (χ1) is 7.16. The summed E-state index contributed by atoms with van der Waals surface area (Å²) in [5.41, 5.74) is -0.0150. The minimum absolute atomic E-state index is 0.0150. The molecule has 0 amide bonds. The van der Waals surface area contributed by atoms with Gasteiger partial charge in [-0.3, -0.25) is 0 Å². The van der Waals surface area contributed by atoms with Crippen LogP contribution in [0.5, 0.6) is 0 Å². The Balaban J connectivity index is 1.99. The normalized spacial score (nSPS) is 15.4. The fourth-order valence-electron chi connectivity index (χ4n) is 1.52. The lowest BCUT2D eigenvalue weighted by Crippen LogP contribution is -2.06. The van der Waals surface area contributed by atoms with Crippen molar-refractivity contribution < 1.29 is 8.78 Å². The zero-order chi connectivity index (χ0) is 10.8. The van der Waals surface area contributed by atoms with Gasteiger partial charge in [-0.05, 0) is 24.5 Å². The molecule has 0 radical (unpaired) electrons. The third-order valence-electron chi connectivity index (χ3n) is 2.56. The fraction of sp³-hybridized carbons (Fsp3) is 0.455. The molecular formula is C11H12BrF2N. The Morgan fingerprint density at radius 3 is 2.40 bits per heavy atom. The van der Waals surface area contributed by atoms with Crippen molar-refractivity contribution in [2.45, 2.75) is 19.3 Å². The van der Waals surface area contributed by atoms with E-state index < -0.39 is 11.6 Å². The molecule has 0 unspecified atom stereocenters. The highest BCUT2D eigenvalue weighted by atomic mass is 79.9. The minimum Gasteiger partial charge on any atom is -0.380 e. The number of nitrogens with one attached hydrogen (secondary N) is 1. The van der Waals surface area contributed by atoms with Crippen LogP contribution in [0.25, 0.3) is 0 Å². The Bertz CT molecular complexity index is 341. The lowest BCUT2D eigenvalue weighted by atomic mass is 10.2. The van der Waals surface area contributed by atoms with E-state index in [4.69, 9.17) is 0 Å². The SMILES string of the molecule is Fc1cc(Br)cc(F)c1NCCC1CC1. The quantitative estimate of drug-likeness (QED) is 0.878. The van der Waals surface area contributed by atoms with Crippen molar-refractivity contribution in [3.8, 4) is 0 Å². The third kappa shape index (κ3) is 2.91.